The van der Waals surface area contributed by atoms with Crippen LogP contribution in [-0.2, 0) is 23.2 Å². The Morgan fingerprint density at radius 3 is 2.57 bits per heavy atom. The first-order valence-electron chi connectivity index (χ1n) is 8.49. The Morgan fingerprint density at radius 1 is 1.23 bits per heavy atom. The SMILES string of the molecule is COc1ccc(CN(c2nccs2)S(=O)(=O)c2ccc(C(=O)O)cc2Cl)c(CO)c1. The van der Waals surface area contributed by atoms with Crippen molar-refractivity contribution in [1.29, 1.82) is 0 Å². The first-order valence-corrected chi connectivity index (χ1v) is 11.2. The number of benzene rings is 2. The average molecular weight is 469 g/mol. The summed E-state index contributed by atoms with van der Waals surface area (Å²) in [5, 5.41) is 20.4. The monoisotopic (exact) mass is 468 g/mol. The van der Waals surface area contributed by atoms with Crippen molar-refractivity contribution in [2.24, 2.45) is 0 Å². The predicted molar refractivity (Wildman–Crippen MR) is 113 cm³/mol. The third-order valence-corrected chi connectivity index (χ3v) is 7.41. The molecule has 30 heavy (non-hydrogen) atoms. The first kappa shape index (κ1) is 22.0. The van der Waals surface area contributed by atoms with Crippen molar-refractivity contribution in [1.82, 2.24) is 4.98 Å². The number of thiazole rings is 1. The van der Waals surface area contributed by atoms with Gasteiger partial charge in [-0.3, -0.25) is 0 Å². The van der Waals surface area contributed by atoms with Gasteiger partial charge in [0.15, 0.2) is 5.13 Å². The van der Waals surface area contributed by atoms with Crippen molar-refractivity contribution in [2.45, 2.75) is 18.0 Å². The van der Waals surface area contributed by atoms with Gasteiger partial charge in [-0.1, -0.05) is 17.7 Å². The normalized spacial score (nSPS) is 11.3. The van der Waals surface area contributed by atoms with Crippen LogP contribution in [0.1, 0.15) is 21.5 Å². The molecule has 0 amide bonds. The summed E-state index contributed by atoms with van der Waals surface area (Å²) in [4.78, 5) is 15.0. The van der Waals surface area contributed by atoms with Gasteiger partial charge in [0.1, 0.15) is 10.6 Å². The Morgan fingerprint density at radius 2 is 2.00 bits per heavy atom. The van der Waals surface area contributed by atoms with Gasteiger partial charge in [0.2, 0.25) is 0 Å². The molecule has 2 aromatic carbocycles. The second-order valence-electron chi connectivity index (χ2n) is 6.07. The molecule has 0 unspecified atom stereocenters. The van der Waals surface area contributed by atoms with E-state index >= 15 is 0 Å². The summed E-state index contributed by atoms with van der Waals surface area (Å²) in [6.45, 7) is -0.431. The maximum Gasteiger partial charge on any atom is 0.335 e. The van der Waals surface area contributed by atoms with Crippen LogP contribution in [0.15, 0.2) is 52.9 Å². The smallest absolute Gasteiger partial charge is 0.335 e. The van der Waals surface area contributed by atoms with E-state index in [4.69, 9.17) is 21.4 Å². The van der Waals surface area contributed by atoms with Crippen LogP contribution in [-0.4, -0.2) is 36.7 Å². The Labute approximate surface area is 182 Å². The van der Waals surface area contributed by atoms with Crippen molar-refractivity contribution < 1.29 is 28.2 Å². The van der Waals surface area contributed by atoms with Gasteiger partial charge >= 0.3 is 5.97 Å². The number of anilines is 1. The number of ether oxygens (including phenoxy) is 1. The second kappa shape index (κ2) is 9.00. The van der Waals surface area contributed by atoms with Crippen molar-refractivity contribution in [3.8, 4) is 5.75 Å². The molecule has 1 aromatic heterocycles. The molecule has 0 atom stereocenters. The fraction of sp³-hybridized carbons (Fsp3) is 0.158. The molecule has 0 aliphatic heterocycles. The Kier molecular flexibility index (Phi) is 6.61. The highest BCUT2D eigenvalue weighted by molar-refractivity contribution is 7.93. The van der Waals surface area contributed by atoms with Gasteiger partial charge in [-0.05, 0) is 41.5 Å². The summed E-state index contributed by atoms with van der Waals surface area (Å²) in [5.41, 5.74) is 0.922. The van der Waals surface area contributed by atoms with E-state index < -0.39 is 16.0 Å². The average Bonchev–Trinajstić information content (AvgIpc) is 3.25. The lowest BCUT2D eigenvalue weighted by atomic mass is 10.1. The largest absolute Gasteiger partial charge is 0.497 e. The van der Waals surface area contributed by atoms with Crippen LogP contribution in [0, 0.1) is 0 Å². The topological polar surface area (TPSA) is 117 Å². The zero-order valence-corrected chi connectivity index (χ0v) is 18.0. The lowest BCUT2D eigenvalue weighted by Crippen LogP contribution is -2.31. The van der Waals surface area contributed by atoms with E-state index in [2.05, 4.69) is 4.98 Å². The fourth-order valence-electron chi connectivity index (χ4n) is 2.74. The highest BCUT2D eigenvalue weighted by Crippen LogP contribution is 2.32. The molecule has 0 spiro atoms. The highest BCUT2D eigenvalue weighted by Gasteiger charge is 2.30. The third kappa shape index (κ3) is 4.41. The molecule has 0 fully saturated rings. The maximum atomic E-state index is 13.4. The summed E-state index contributed by atoms with van der Waals surface area (Å²) < 4.78 is 33.1. The standard InChI is InChI=1S/C19H17ClN2O6S2/c1-28-15-4-2-13(14(8-15)11-23)10-22(19-21-6-7-29-19)30(26,27)17-5-3-12(18(24)25)9-16(17)20/h2-9,23H,10-11H2,1H3,(H,24,25). The van der Waals surface area contributed by atoms with Crippen LogP contribution in [0.2, 0.25) is 5.02 Å². The van der Waals surface area contributed by atoms with E-state index in [1.54, 1.807) is 23.6 Å². The van der Waals surface area contributed by atoms with E-state index in [0.717, 1.165) is 27.8 Å². The van der Waals surface area contributed by atoms with Gasteiger partial charge in [-0.15, -0.1) is 11.3 Å². The lowest BCUT2D eigenvalue weighted by Gasteiger charge is -2.23. The van der Waals surface area contributed by atoms with Crippen LogP contribution in [0.5, 0.6) is 5.75 Å². The number of hydrogen-bond donors (Lipinski definition) is 2. The van der Waals surface area contributed by atoms with Crippen molar-refractivity contribution in [3.05, 3.63) is 69.7 Å². The van der Waals surface area contributed by atoms with Crippen LogP contribution in [0.3, 0.4) is 0 Å². The molecule has 0 bridgehead atoms. The summed E-state index contributed by atoms with van der Waals surface area (Å²) in [5.74, 6) is -0.692. The molecule has 1 heterocycles. The van der Waals surface area contributed by atoms with Gasteiger partial charge in [0.05, 0.1) is 30.8 Å². The number of halogens is 1. The molecule has 3 rings (SSSR count). The quantitative estimate of drug-likeness (QED) is 0.520. The summed E-state index contributed by atoms with van der Waals surface area (Å²) in [6.07, 6.45) is 1.47. The van der Waals surface area contributed by atoms with Gasteiger partial charge in [0.25, 0.3) is 10.0 Å². The van der Waals surface area contributed by atoms with Crippen molar-refractivity contribution in [2.75, 3.05) is 11.4 Å². The number of aliphatic hydroxyl groups is 1. The first-order chi connectivity index (χ1) is 14.3. The molecule has 0 radical (unpaired) electrons. The number of methoxy groups -OCH3 is 1. The van der Waals surface area contributed by atoms with Crippen LogP contribution < -0.4 is 9.04 Å². The van der Waals surface area contributed by atoms with E-state index in [1.165, 1.54) is 19.4 Å². The zero-order valence-electron chi connectivity index (χ0n) is 15.6. The number of sulfonamides is 1. The van der Waals surface area contributed by atoms with Crippen LogP contribution in [0.25, 0.3) is 0 Å². The van der Waals surface area contributed by atoms with E-state index in [0.29, 0.717) is 16.9 Å². The van der Waals surface area contributed by atoms with E-state index in [1.807, 2.05) is 0 Å². The number of carboxylic acids is 1. The number of aromatic carboxylic acids is 1. The Balaban J connectivity index is 2.08. The molecule has 158 valence electrons. The molecule has 3 aromatic rings. The number of hydrogen-bond acceptors (Lipinski definition) is 7. The summed E-state index contributed by atoms with van der Waals surface area (Å²) in [6, 6.07) is 8.36. The number of carboxylic acid groups (broad SMARTS) is 1. The van der Waals surface area contributed by atoms with Gasteiger partial charge in [-0.2, -0.15) is 0 Å². The molecule has 0 aliphatic rings. The zero-order chi connectivity index (χ0) is 21.9. The molecule has 8 nitrogen and oxygen atoms in total. The molecular weight excluding hydrogens is 452 g/mol. The van der Waals surface area contributed by atoms with Crippen molar-refractivity contribution in [3.63, 3.8) is 0 Å². The molecule has 2 N–H and O–H groups in total. The molecule has 0 saturated carbocycles. The van der Waals surface area contributed by atoms with Gasteiger partial charge in [-0.25, -0.2) is 22.5 Å². The second-order valence-corrected chi connectivity index (χ2v) is 9.18. The minimum Gasteiger partial charge on any atom is -0.497 e. The highest BCUT2D eigenvalue weighted by atomic mass is 35.5. The van der Waals surface area contributed by atoms with Gasteiger partial charge < -0.3 is 14.9 Å². The molecular formula is C19H17ClN2O6S2. The minimum atomic E-state index is -4.19. The minimum absolute atomic E-state index is 0.118. The Bertz CT molecular complexity index is 1170. The van der Waals surface area contributed by atoms with E-state index in [-0.39, 0.29) is 33.8 Å². The summed E-state index contributed by atoms with van der Waals surface area (Å²) >= 11 is 7.24. The number of nitrogens with zero attached hydrogens (tertiary/aromatic N) is 2. The number of aromatic nitrogens is 1. The molecule has 0 saturated heterocycles. The van der Waals surface area contributed by atoms with Crippen LogP contribution >= 0.6 is 22.9 Å². The summed E-state index contributed by atoms with van der Waals surface area (Å²) in [7, 11) is -2.70. The van der Waals surface area contributed by atoms with Crippen LogP contribution in [0.4, 0.5) is 5.13 Å². The lowest BCUT2D eigenvalue weighted by molar-refractivity contribution is 0.0696. The maximum absolute atomic E-state index is 13.4. The molecule has 0 aliphatic carbocycles. The third-order valence-electron chi connectivity index (χ3n) is 4.28. The Hall–Kier alpha value is -2.66. The number of aliphatic hydroxyl groups excluding tert-OH is 1. The van der Waals surface area contributed by atoms with Crippen molar-refractivity contribution >= 4 is 44.1 Å². The predicted octanol–water partition coefficient (Wildman–Crippen LogP) is 3.39. The number of rotatable bonds is 8. The molecule has 11 heteroatoms. The van der Waals surface area contributed by atoms with Gasteiger partial charge in [0, 0.05) is 11.6 Å². The number of carbonyl (C=O) groups is 1. The fourth-order valence-corrected chi connectivity index (χ4v) is 5.53. The van der Waals surface area contributed by atoms with E-state index in [9.17, 15) is 18.3 Å².